The van der Waals surface area contributed by atoms with E-state index < -0.39 is 6.61 Å². The first-order valence-corrected chi connectivity index (χ1v) is 10.5. The number of benzene rings is 1. The summed E-state index contributed by atoms with van der Waals surface area (Å²) >= 11 is 1.69. The molecular weight excluding hydrogens is 523 g/mol. The van der Waals surface area contributed by atoms with Gasteiger partial charge in [-0.1, -0.05) is 0 Å². The van der Waals surface area contributed by atoms with Crippen LogP contribution in [0.4, 0.5) is 14.5 Å². The zero-order valence-corrected chi connectivity index (χ0v) is 20.5. The van der Waals surface area contributed by atoms with Gasteiger partial charge in [0, 0.05) is 36.7 Å². The van der Waals surface area contributed by atoms with Crippen LogP contribution in [0.3, 0.4) is 0 Å². The maximum absolute atomic E-state index is 12.3. The van der Waals surface area contributed by atoms with Crippen LogP contribution < -0.4 is 20.3 Å². The van der Waals surface area contributed by atoms with Crippen LogP contribution in [-0.4, -0.2) is 43.7 Å². The van der Waals surface area contributed by atoms with Crippen LogP contribution in [0, 0.1) is 13.8 Å². The van der Waals surface area contributed by atoms with Crippen LogP contribution in [0.25, 0.3) is 0 Å². The SMILES string of the molecule is CN=C(NCc1sc(C)nc1C)NC1CCCN(c2ccc(OC(F)F)cc2)C1.I. The molecular formula is C20H28F2IN5OS. The fourth-order valence-corrected chi connectivity index (χ4v) is 4.33. The molecule has 0 saturated carbocycles. The van der Waals surface area contributed by atoms with Gasteiger partial charge in [-0.2, -0.15) is 8.78 Å². The summed E-state index contributed by atoms with van der Waals surface area (Å²) < 4.78 is 29.1. The molecule has 1 unspecified atom stereocenters. The van der Waals surface area contributed by atoms with E-state index in [0.29, 0.717) is 6.54 Å². The fourth-order valence-electron chi connectivity index (χ4n) is 3.46. The van der Waals surface area contributed by atoms with E-state index in [1.54, 1.807) is 30.5 Å². The molecule has 2 heterocycles. The zero-order chi connectivity index (χ0) is 20.8. The summed E-state index contributed by atoms with van der Waals surface area (Å²) in [4.78, 5) is 12.3. The van der Waals surface area contributed by atoms with E-state index in [2.05, 4.69) is 30.2 Å². The predicted octanol–water partition coefficient (Wildman–Crippen LogP) is 4.31. The molecule has 1 atom stereocenters. The van der Waals surface area contributed by atoms with Crippen LogP contribution in [0.1, 0.15) is 28.4 Å². The number of halogens is 3. The first kappa shape index (κ1) is 24.6. The van der Waals surface area contributed by atoms with Gasteiger partial charge in [0.05, 0.1) is 17.2 Å². The minimum atomic E-state index is -2.80. The molecule has 1 fully saturated rings. The van der Waals surface area contributed by atoms with Gasteiger partial charge in [0.1, 0.15) is 5.75 Å². The number of hydrogen-bond acceptors (Lipinski definition) is 5. The van der Waals surface area contributed by atoms with E-state index in [4.69, 9.17) is 0 Å². The largest absolute Gasteiger partial charge is 0.435 e. The Kier molecular flexibility index (Phi) is 9.53. The van der Waals surface area contributed by atoms with Crippen molar-refractivity contribution in [2.45, 2.75) is 45.9 Å². The first-order chi connectivity index (χ1) is 13.9. The number of nitrogens with one attached hydrogen (secondary N) is 2. The smallest absolute Gasteiger partial charge is 0.387 e. The molecule has 0 aliphatic carbocycles. The molecule has 0 spiro atoms. The van der Waals surface area contributed by atoms with Crippen molar-refractivity contribution in [3.63, 3.8) is 0 Å². The zero-order valence-electron chi connectivity index (χ0n) is 17.3. The highest BCUT2D eigenvalue weighted by molar-refractivity contribution is 14.0. The van der Waals surface area contributed by atoms with E-state index >= 15 is 0 Å². The lowest BCUT2D eigenvalue weighted by atomic mass is 10.0. The van der Waals surface area contributed by atoms with Gasteiger partial charge >= 0.3 is 6.61 Å². The highest BCUT2D eigenvalue weighted by atomic mass is 127. The van der Waals surface area contributed by atoms with Gasteiger partial charge in [0.25, 0.3) is 0 Å². The van der Waals surface area contributed by atoms with Gasteiger partial charge in [0.15, 0.2) is 5.96 Å². The lowest BCUT2D eigenvalue weighted by molar-refractivity contribution is -0.0498. The van der Waals surface area contributed by atoms with Crippen molar-refractivity contribution < 1.29 is 13.5 Å². The Balaban J connectivity index is 0.00000320. The van der Waals surface area contributed by atoms with Gasteiger partial charge in [-0.15, -0.1) is 35.3 Å². The third-order valence-corrected chi connectivity index (χ3v) is 5.90. The number of anilines is 1. The van der Waals surface area contributed by atoms with Crippen molar-refractivity contribution in [2.75, 3.05) is 25.0 Å². The van der Waals surface area contributed by atoms with Crippen LogP contribution in [0.2, 0.25) is 0 Å². The van der Waals surface area contributed by atoms with Crippen molar-refractivity contribution in [3.05, 3.63) is 39.8 Å². The molecule has 1 aromatic heterocycles. The van der Waals surface area contributed by atoms with Gasteiger partial charge in [0.2, 0.25) is 0 Å². The molecule has 0 bridgehead atoms. The summed E-state index contributed by atoms with van der Waals surface area (Å²) in [6.45, 7) is 3.66. The molecule has 1 aliphatic rings. The Labute approximate surface area is 197 Å². The van der Waals surface area contributed by atoms with E-state index in [9.17, 15) is 8.78 Å². The number of thiazole rings is 1. The third-order valence-electron chi connectivity index (χ3n) is 4.83. The average molecular weight is 551 g/mol. The second-order valence-electron chi connectivity index (χ2n) is 6.97. The Morgan fingerprint density at radius 1 is 1.33 bits per heavy atom. The lowest BCUT2D eigenvalue weighted by Crippen LogP contribution is -2.51. The summed E-state index contributed by atoms with van der Waals surface area (Å²) in [6, 6.07) is 7.05. The number of guanidine groups is 1. The molecule has 1 aliphatic heterocycles. The number of aryl methyl sites for hydroxylation is 2. The lowest BCUT2D eigenvalue weighted by Gasteiger charge is -2.35. The van der Waals surface area contributed by atoms with Crippen molar-refractivity contribution >= 4 is 47.0 Å². The number of aromatic nitrogens is 1. The fraction of sp³-hybridized carbons (Fsp3) is 0.500. The van der Waals surface area contributed by atoms with Gasteiger partial charge < -0.3 is 20.3 Å². The minimum absolute atomic E-state index is 0. The molecule has 1 saturated heterocycles. The molecule has 10 heteroatoms. The van der Waals surface area contributed by atoms with Gasteiger partial charge in [-0.3, -0.25) is 4.99 Å². The predicted molar refractivity (Wildman–Crippen MR) is 129 cm³/mol. The van der Waals surface area contributed by atoms with Crippen molar-refractivity contribution in [2.24, 2.45) is 4.99 Å². The molecule has 2 N–H and O–H groups in total. The van der Waals surface area contributed by atoms with E-state index in [1.165, 1.54) is 4.88 Å². The summed E-state index contributed by atoms with van der Waals surface area (Å²) in [5.74, 6) is 0.941. The molecule has 0 radical (unpaired) electrons. The first-order valence-electron chi connectivity index (χ1n) is 9.64. The molecule has 166 valence electrons. The Bertz CT molecular complexity index is 831. The molecule has 30 heavy (non-hydrogen) atoms. The van der Waals surface area contributed by atoms with Crippen LogP contribution in [0.5, 0.6) is 5.75 Å². The topological polar surface area (TPSA) is 61.8 Å². The molecule has 2 aromatic rings. The van der Waals surface area contributed by atoms with Gasteiger partial charge in [-0.25, -0.2) is 4.98 Å². The highest BCUT2D eigenvalue weighted by Gasteiger charge is 2.21. The molecule has 0 amide bonds. The van der Waals surface area contributed by atoms with Crippen molar-refractivity contribution in [1.82, 2.24) is 15.6 Å². The van der Waals surface area contributed by atoms with Crippen LogP contribution in [0.15, 0.2) is 29.3 Å². The number of aliphatic imine (C=N–C) groups is 1. The molecule has 3 rings (SSSR count). The second-order valence-corrected chi connectivity index (χ2v) is 8.26. The Hall–Kier alpha value is -1.69. The summed E-state index contributed by atoms with van der Waals surface area (Å²) in [5, 5.41) is 7.93. The Morgan fingerprint density at radius 3 is 2.67 bits per heavy atom. The van der Waals surface area contributed by atoms with E-state index in [-0.39, 0.29) is 35.8 Å². The van der Waals surface area contributed by atoms with Crippen molar-refractivity contribution in [3.8, 4) is 5.75 Å². The van der Waals surface area contributed by atoms with Gasteiger partial charge in [-0.05, 0) is 51.0 Å². The van der Waals surface area contributed by atoms with Crippen LogP contribution in [-0.2, 0) is 6.54 Å². The number of rotatable bonds is 6. The standard InChI is InChI=1S/C20H27F2N5OS.HI/c1-13-18(29-14(2)25-13)11-24-20(23-3)26-15-5-4-10-27(12-15)16-6-8-17(9-7-16)28-19(21)22;/h6-9,15,19H,4-5,10-12H2,1-3H3,(H2,23,24,26);1H. The maximum Gasteiger partial charge on any atom is 0.387 e. The van der Waals surface area contributed by atoms with Crippen molar-refractivity contribution in [1.29, 1.82) is 0 Å². The number of ether oxygens (including phenoxy) is 1. The summed E-state index contributed by atoms with van der Waals surface area (Å²) in [5.41, 5.74) is 2.05. The maximum atomic E-state index is 12.3. The summed E-state index contributed by atoms with van der Waals surface area (Å²) in [7, 11) is 1.77. The molecule has 6 nitrogen and oxygen atoms in total. The number of hydrogen-bond donors (Lipinski definition) is 2. The monoisotopic (exact) mass is 551 g/mol. The minimum Gasteiger partial charge on any atom is -0.435 e. The van der Waals surface area contributed by atoms with Crippen LogP contribution >= 0.6 is 35.3 Å². The summed E-state index contributed by atoms with van der Waals surface area (Å²) in [6.07, 6.45) is 2.08. The number of piperidine rings is 1. The van der Waals surface area contributed by atoms with E-state index in [1.807, 2.05) is 26.0 Å². The number of alkyl halides is 2. The highest BCUT2D eigenvalue weighted by Crippen LogP contribution is 2.24. The quantitative estimate of drug-likeness (QED) is 0.319. The molecule has 1 aromatic carbocycles. The van der Waals surface area contributed by atoms with E-state index in [0.717, 1.165) is 48.3 Å². The Morgan fingerprint density at radius 2 is 2.07 bits per heavy atom. The average Bonchev–Trinajstić information content (AvgIpc) is 3.02. The third kappa shape index (κ3) is 6.93. The number of nitrogens with zero attached hydrogens (tertiary/aromatic N) is 3. The normalized spacial score (nSPS) is 16.9. The second kappa shape index (κ2) is 11.6.